The molecule has 144 valence electrons. The zero-order valence-electron chi connectivity index (χ0n) is 15.4. The van der Waals surface area contributed by atoms with Gasteiger partial charge in [0.1, 0.15) is 5.75 Å². The Morgan fingerprint density at radius 1 is 1.19 bits per heavy atom. The minimum Gasteiger partial charge on any atom is -0.484 e. The number of nitrogens with zero attached hydrogens (tertiary/aromatic N) is 1. The topological polar surface area (TPSA) is 41.6 Å². The van der Waals surface area contributed by atoms with E-state index in [-0.39, 0.29) is 18.4 Å². The highest BCUT2D eigenvalue weighted by atomic mass is 19.2. The van der Waals surface area contributed by atoms with Crippen LogP contribution in [0.3, 0.4) is 0 Å². The lowest BCUT2D eigenvalue weighted by Crippen LogP contribution is -2.34. The Morgan fingerprint density at radius 2 is 1.96 bits per heavy atom. The van der Waals surface area contributed by atoms with Gasteiger partial charge in [-0.1, -0.05) is 19.1 Å². The standard InChI is InChI=1S/C21H24F2N2O2/c1-2-15-3-6-18(7-4-15)27-14-21(26)24-12-16-9-10-25(13-16)17-5-8-19(22)20(23)11-17/h3-8,11,16H,2,9-10,12-14H2,1H3,(H,24,26). The van der Waals surface area contributed by atoms with E-state index in [1.807, 2.05) is 29.2 Å². The minimum absolute atomic E-state index is 0.0227. The monoisotopic (exact) mass is 374 g/mol. The molecule has 2 aromatic carbocycles. The number of hydrogen-bond acceptors (Lipinski definition) is 3. The van der Waals surface area contributed by atoms with Crippen LogP contribution in [-0.2, 0) is 11.2 Å². The number of carbonyl (C=O) groups excluding carboxylic acids is 1. The number of amides is 1. The first-order valence-corrected chi connectivity index (χ1v) is 9.23. The van der Waals surface area contributed by atoms with Crippen LogP contribution in [0.15, 0.2) is 42.5 Å². The van der Waals surface area contributed by atoms with Gasteiger partial charge in [0.2, 0.25) is 0 Å². The lowest BCUT2D eigenvalue weighted by Gasteiger charge is -2.19. The van der Waals surface area contributed by atoms with Gasteiger partial charge in [-0.2, -0.15) is 0 Å². The van der Waals surface area contributed by atoms with Crippen LogP contribution in [0.4, 0.5) is 14.5 Å². The fourth-order valence-corrected chi connectivity index (χ4v) is 3.19. The van der Waals surface area contributed by atoms with Crippen molar-refractivity contribution in [1.29, 1.82) is 0 Å². The second-order valence-corrected chi connectivity index (χ2v) is 6.79. The lowest BCUT2D eigenvalue weighted by molar-refractivity contribution is -0.123. The Morgan fingerprint density at radius 3 is 2.67 bits per heavy atom. The van der Waals surface area contributed by atoms with Gasteiger partial charge in [0, 0.05) is 31.4 Å². The van der Waals surface area contributed by atoms with Crippen molar-refractivity contribution < 1.29 is 18.3 Å². The summed E-state index contributed by atoms with van der Waals surface area (Å²) in [4.78, 5) is 14.0. The van der Waals surface area contributed by atoms with Gasteiger partial charge in [0.25, 0.3) is 5.91 Å². The number of ether oxygens (including phenoxy) is 1. The van der Waals surface area contributed by atoms with Crippen LogP contribution in [0.5, 0.6) is 5.75 Å². The second-order valence-electron chi connectivity index (χ2n) is 6.79. The molecule has 2 aromatic rings. The Hall–Kier alpha value is -2.63. The normalized spacial score (nSPS) is 16.4. The van der Waals surface area contributed by atoms with E-state index in [1.54, 1.807) is 6.07 Å². The molecule has 0 aromatic heterocycles. The van der Waals surface area contributed by atoms with E-state index in [0.717, 1.165) is 25.5 Å². The molecule has 0 aliphatic carbocycles. The van der Waals surface area contributed by atoms with E-state index in [4.69, 9.17) is 4.74 Å². The molecule has 0 bridgehead atoms. The molecule has 1 aliphatic rings. The summed E-state index contributed by atoms with van der Waals surface area (Å²) in [5.41, 5.74) is 1.89. The maximum Gasteiger partial charge on any atom is 0.257 e. The van der Waals surface area contributed by atoms with Crippen molar-refractivity contribution in [2.45, 2.75) is 19.8 Å². The summed E-state index contributed by atoms with van der Waals surface area (Å²) < 4.78 is 31.9. The molecule has 1 fully saturated rings. The molecule has 1 N–H and O–H groups in total. The van der Waals surface area contributed by atoms with Crippen LogP contribution in [0.2, 0.25) is 0 Å². The van der Waals surface area contributed by atoms with Crippen molar-refractivity contribution in [3.05, 3.63) is 59.7 Å². The predicted molar refractivity (Wildman–Crippen MR) is 101 cm³/mol. The molecule has 0 saturated carbocycles. The molecule has 1 heterocycles. The smallest absolute Gasteiger partial charge is 0.257 e. The summed E-state index contributed by atoms with van der Waals surface area (Å²) in [5, 5.41) is 2.89. The molecule has 1 atom stereocenters. The van der Waals surface area contributed by atoms with Gasteiger partial charge in [-0.05, 0) is 48.6 Å². The van der Waals surface area contributed by atoms with Gasteiger partial charge < -0.3 is 15.0 Å². The summed E-state index contributed by atoms with van der Waals surface area (Å²) in [6, 6.07) is 11.6. The fraction of sp³-hybridized carbons (Fsp3) is 0.381. The molecule has 6 heteroatoms. The molecule has 0 spiro atoms. The molecule has 3 rings (SSSR count). The van der Waals surface area contributed by atoms with Crippen molar-refractivity contribution in [2.75, 3.05) is 31.1 Å². The first kappa shape index (κ1) is 19.1. The molecule has 1 saturated heterocycles. The maximum atomic E-state index is 13.4. The average Bonchev–Trinajstić information content (AvgIpc) is 3.16. The van der Waals surface area contributed by atoms with Gasteiger partial charge >= 0.3 is 0 Å². The SMILES string of the molecule is CCc1ccc(OCC(=O)NCC2CCN(c3ccc(F)c(F)c3)C2)cc1. The number of anilines is 1. The summed E-state index contributed by atoms with van der Waals surface area (Å²) in [6.07, 6.45) is 1.85. The molecule has 1 aliphatic heterocycles. The largest absolute Gasteiger partial charge is 0.484 e. The molecule has 1 unspecified atom stereocenters. The van der Waals surface area contributed by atoms with E-state index in [0.29, 0.717) is 24.5 Å². The number of nitrogens with one attached hydrogen (secondary N) is 1. The Labute approximate surface area is 158 Å². The second kappa shape index (κ2) is 8.84. The van der Waals surface area contributed by atoms with E-state index >= 15 is 0 Å². The average molecular weight is 374 g/mol. The quantitative estimate of drug-likeness (QED) is 0.806. The zero-order chi connectivity index (χ0) is 19.2. The molecule has 4 nitrogen and oxygen atoms in total. The van der Waals surface area contributed by atoms with Gasteiger partial charge in [0.05, 0.1) is 0 Å². The Bertz CT molecular complexity index is 780. The van der Waals surface area contributed by atoms with Gasteiger partial charge in [-0.25, -0.2) is 8.78 Å². The summed E-state index contributed by atoms with van der Waals surface area (Å²) in [7, 11) is 0. The van der Waals surface area contributed by atoms with Crippen molar-refractivity contribution in [2.24, 2.45) is 5.92 Å². The van der Waals surface area contributed by atoms with Crippen molar-refractivity contribution in [3.8, 4) is 5.75 Å². The van der Waals surface area contributed by atoms with Crippen LogP contribution in [0.25, 0.3) is 0 Å². The van der Waals surface area contributed by atoms with E-state index in [1.165, 1.54) is 11.6 Å². The number of carbonyl (C=O) groups is 1. The van der Waals surface area contributed by atoms with Gasteiger partial charge in [-0.15, -0.1) is 0 Å². The number of benzene rings is 2. The predicted octanol–water partition coefficient (Wildman–Crippen LogP) is 3.55. The highest BCUT2D eigenvalue weighted by molar-refractivity contribution is 5.77. The van der Waals surface area contributed by atoms with E-state index in [9.17, 15) is 13.6 Å². The summed E-state index contributed by atoms with van der Waals surface area (Å²) >= 11 is 0. The molecule has 0 radical (unpaired) electrons. The minimum atomic E-state index is -0.842. The lowest BCUT2D eigenvalue weighted by atomic mass is 10.1. The van der Waals surface area contributed by atoms with Crippen LogP contribution < -0.4 is 15.0 Å². The third-order valence-electron chi connectivity index (χ3n) is 4.84. The van der Waals surface area contributed by atoms with Crippen LogP contribution >= 0.6 is 0 Å². The van der Waals surface area contributed by atoms with Crippen molar-refractivity contribution in [1.82, 2.24) is 5.32 Å². The fourth-order valence-electron chi connectivity index (χ4n) is 3.19. The van der Waals surface area contributed by atoms with E-state index < -0.39 is 11.6 Å². The number of halogens is 2. The maximum absolute atomic E-state index is 13.4. The van der Waals surface area contributed by atoms with Crippen LogP contribution in [0, 0.1) is 17.6 Å². The summed E-state index contributed by atoms with van der Waals surface area (Å²) in [5.74, 6) is -0.904. The number of hydrogen-bond donors (Lipinski definition) is 1. The molecule has 1 amide bonds. The Balaban J connectivity index is 1.40. The van der Waals surface area contributed by atoms with Crippen molar-refractivity contribution in [3.63, 3.8) is 0 Å². The molecular formula is C21H24F2N2O2. The first-order chi connectivity index (χ1) is 13.0. The van der Waals surface area contributed by atoms with Gasteiger partial charge in [-0.3, -0.25) is 4.79 Å². The highest BCUT2D eigenvalue weighted by Crippen LogP contribution is 2.25. The third-order valence-corrected chi connectivity index (χ3v) is 4.84. The van der Waals surface area contributed by atoms with E-state index in [2.05, 4.69) is 12.2 Å². The van der Waals surface area contributed by atoms with Crippen LogP contribution in [0.1, 0.15) is 18.9 Å². The van der Waals surface area contributed by atoms with Crippen molar-refractivity contribution >= 4 is 11.6 Å². The number of rotatable bonds is 7. The summed E-state index contributed by atoms with van der Waals surface area (Å²) in [6.45, 7) is 4.05. The zero-order valence-corrected chi connectivity index (χ0v) is 15.4. The van der Waals surface area contributed by atoms with Crippen LogP contribution in [-0.4, -0.2) is 32.1 Å². The third kappa shape index (κ3) is 5.18. The first-order valence-electron chi connectivity index (χ1n) is 9.23. The molecular weight excluding hydrogens is 350 g/mol. The highest BCUT2D eigenvalue weighted by Gasteiger charge is 2.23. The number of aryl methyl sites for hydroxylation is 1. The molecule has 27 heavy (non-hydrogen) atoms. The Kier molecular flexibility index (Phi) is 6.27. The van der Waals surface area contributed by atoms with Gasteiger partial charge in [0.15, 0.2) is 18.2 Å².